The summed E-state index contributed by atoms with van der Waals surface area (Å²) in [5.74, 6) is 1.57. The molecule has 0 fully saturated rings. The highest BCUT2D eigenvalue weighted by atomic mass is 32.2. The molecule has 3 unspecified atom stereocenters. The van der Waals surface area contributed by atoms with E-state index in [4.69, 9.17) is 0 Å². The lowest BCUT2D eigenvalue weighted by Gasteiger charge is -2.22. The molecule has 0 amide bonds. The van der Waals surface area contributed by atoms with Crippen molar-refractivity contribution in [3.8, 4) is 0 Å². The van der Waals surface area contributed by atoms with Crippen molar-refractivity contribution in [2.24, 2.45) is 11.8 Å². The van der Waals surface area contributed by atoms with Crippen LogP contribution in [0.2, 0.25) is 0 Å². The summed E-state index contributed by atoms with van der Waals surface area (Å²) in [7, 11) is 0. The lowest BCUT2D eigenvalue weighted by molar-refractivity contribution is 0.347. The van der Waals surface area contributed by atoms with Crippen LogP contribution in [0.4, 0.5) is 0 Å². The van der Waals surface area contributed by atoms with Crippen molar-refractivity contribution in [3.05, 3.63) is 29.8 Å². The van der Waals surface area contributed by atoms with Gasteiger partial charge in [-0.05, 0) is 49.4 Å². The standard InChI is InChI=1S/C16H25NS/c1-4-17-11-13(3)12(2)9-15-10-14-7-5-6-8-16(14)18-15/h5-8,12-13,15,17H,4,9-11H2,1-3H3. The van der Waals surface area contributed by atoms with E-state index in [1.807, 2.05) is 0 Å². The maximum atomic E-state index is 3.46. The molecule has 1 aliphatic rings. The average molecular weight is 263 g/mol. The molecule has 0 aromatic heterocycles. The largest absolute Gasteiger partial charge is 0.317 e. The summed E-state index contributed by atoms with van der Waals surface area (Å²) in [6, 6.07) is 8.88. The molecule has 0 saturated carbocycles. The van der Waals surface area contributed by atoms with Gasteiger partial charge in [0.25, 0.3) is 0 Å². The molecular weight excluding hydrogens is 238 g/mol. The minimum absolute atomic E-state index is 0.772. The Bertz CT molecular complexity index is 352. The molecule has 1 nitrogen and oxygen atoms in total. The van der Waals surface area contributed by atoms with Gasteiger partial charge in [-0.1, -0.05) is 39.0 Å². The Kier molecular flexibility index (Phi) is 5.13. The van der Waals surface area contributed by atoms with Gasteiger partial charge >= 0.3 is 0 Å². The van der Waals surface area contributed by atoms with Crippen molar-refractivity contribution < 1.29 is 0 Å². The third kappa shape index (κ3) is 3.52. The van der Waals surface area contributed by atoms with Gasteiger partial charge in [0, 0.05) is 10.1 Å². The summed E-state index contributed by atoms with van der Waals surface area (Å²) >= 11 is 2.09. The zero-order valence-corrected chi connectivity index (χ0v) is 12.6. The molecular formula is C16H25NS. The molecule has 18 heavy (non-hydrogen) atoms. The third-order valence-electron chi connectivity index (χ3n) is 4.04. The van der Waals surface area contributed by atoms with Crippen molar-refractivity contribution in [2.45, 2.75) is 43.8 Å². The van der Waals surface area contributed by atoms with E-state index in [0.29, 0.717) is 0 Å². The second-order valence-corrected chi connectivity index (χ2v) is 6.89. The Labute approximate surface area is 116 Å². The number of fused-ring (bicyclic) bond motifs is 1. The Morgan fingerprint density at radius 2 is 2.06 bits per heavy atom. The Morgan fingerprint density at radius 3 is 2.78 bits per heavy atom. The van der Waals surface area contributed by atoms with Crippen LogP contribution in [0.1, 0.15) is 32.8 Å². The van der Waals surface area contributed by atoms with Gasteiger partial charge in [-0.2, -0.15) is 0 Å². The number of nitrogens with one attached hydrogen (secondary N) is 1. The number of hydrogen-bond donors (Lipinski definition) is 1. The van der Waals surface area contributed by atoms with Crippen LogP contribution in [0, 0.1) is 11.8 Å². The van der Waals surface area contributed by atoms with E-state index in [2.05, 4.69) is 62.1 Å². The summed E-state index contributed by atoms with van der Waals surface area (Å²) in [5.41, 5.74) is 1.55. The fraction of sp³-hybridized carbons (Fsp3) is 0.625. The van der Waals surface area contributed by atoms with E-state index in [1.54, 1.807) is 5.56 Å². The molecule has 1 N–H and O–H groups in total. The molecule has 1 aromatic rings. The second-order valence-electron chi connectivity index (χ2n) is 5.55. The first kappa shape index (κ1) is 14.0. The van der Waals surface area contributed by atoms with Crippen LogP contribution in [0.25, 0.3) is 0 Å². The first-order valence-corrected chi connectivity index (χ1v) is 8.04. The van der Waals surface area contributed by atoms with E-state index in [-0.39, 0.29) is 0 Å². The lowest BCUT2D eigenvalue weighted by Crippen LogP contribution is -2.26. The van der Waals surface area contributed by atoms with Crippen molar-refractivity contribution in [2.75, 3.05) is 13.1 Å². The second kappa shape index (κ2) is 6.63. The van der Waals surface area contributed by atoms with Gasteiger partial charge < -0.3 is 5.32 Å². The zero-order chi connectivity index (χ0) is 13.0. The smallest absolute Gasteiger partial charge is 0.0138 e. The highest BCUT2D eigenvalue weighted by Gasteiger charge is 2.25. The van der Waals surface area contributed by atoms with Gasteiger partial charge in [0.15, 0.2) is 0 Å². The highest BCUT2D eigenvalue weighted by Crippen LogP contribution is 2.40. The summed E-state index contributed by atoms with van der Waals surface area (Å²) in [6.45, 7) is 9.20. The lowest BCUT2D eigenvalue weighted by atomic mass is 9.90. The topological polar surface area (TPSA) is 12.0 Å². The number of benzene rings is 1. The minimum Gasteiger partial charge on any atom is -0.317 e. The predicted molar refractivity (Wildman–Crippen MR) is 81.3 cm³/mol. The van der Waals surface area contributed by atoms with Gasteiger partial charge in [-0.15, -0.1) is 11.8 Å². The summed E-state index contributed by atoms with van der Waals surface area (Å²) < 4.78 is 0. The Balaban J connectivity index is 1.82. The van der Waals surface area contributed by atoms with E-state index in [9.17, 15) is 0 Å². The number of rotatable bonds is 6. The molecule has 0 saturated heterocycles. The highest BCUT2D eigenvalue weighted by molar-refractivity contribution is 8.00. The maximum absolute atomic E-state index is 3.46. The molecule has 0 spiro atoms. The van der Waals surface area contributed by atoms with E-state index >= 15 is 0 Å². The zero-order valence-electron chi connectivity index (χ0n) is 11.8. The minimum atomic E-state index is 0.772. The molecule has 1 heterocycles. The summed E-state index contributed by atoms with van der Waals surface area (Å²) in [5, 5.41) is 4.26. The van der Waals surface area contributed by atoms with Gasteiger partial charge in [0.05, 0.1) is 0 Å². The molecule has 3 atom stereocenters. The van der Waals surface area contributed by atoms with Crippen molar-refractivity contribution in [3.63, 3.8) is 0 Å². The van der Waals surface area contributed by atoms with E-state index in [0.717, 1.165) is 30.2 Å². The molecule has 0 radical (unpaired) electrons. The molecule has 2 heteroatoms. The fourth-order valence-corrected chi connectivity index (χ4v) is 4.09. The monoisotopic (exact) mass is 263 g/mol. The first-order chi connectivity index (χ1) is 8.70. The van der Waals surface area contributed by atoms with Crippen LogP contribution in [0.3, 0.4) is 0 Å². The van der Waals surface area contributed by atoms with Gasteiger partial charge in [-0.3, -0.25) is 0 Å². The van der Waals surface area contributed by atoms with Crippen molar-refractivity contribution in [1.82, 2.24) is 5.32 Å². The molecule has 1 aliphatic heterocycles. The Morgan fingerprint density at radius 1 is 1.28 bits per heavy atom. The molecule has 0 aliphatic carbocycles. The summed E-state index contributed by atoms with van der Waals surface area (Å²) in [6.07, 6.45) is 2.60. The van der Waals surface area contributed by atoms with Gasteiger partial charge in [0.1, 0.15) is 0 Å². The normalized spacial score (nSPS) is 21.6. The van der Waals surface area contributed by atoms with E-state index < -0.39 is 0 Å². The number of hydrogen-bond acceptors (Lipinski definition) is 2. The molecule has 100 valence electrons. The van der Waals surface area contributed by atoms with Crippen LogP contribution >= 0.6 is 11.8 Å². The maximum Gasteiger partial charge on any atom is 0.0138 e. The summed E-state index contributed by atoms with van der Waals surface area (Å²) in [4.78, 5) is 1.51. The molecule has 2 rings (SSSR count). The predicted octanol–water partition coefficient (Wildman–Crippen LogP) is 3.98. The van der Waals surface area contributed by atoms with Gasteiger partial charge in [-0.25, -0.2) is 0 Å². The molecule has 0 bridgehead atoms. The fourth-order valence-electron chi connectivity index (χ4n) is 2.61. The molecule has 1 aromatic carbocycles. The van der Waals surface area contributed by atoms with Crippen molar-refractivity contribution >= 4 is 11.8 Å². The Hall–Kier alpha value is -0.470. The van der Waals surface area contributed by atoms with Crippen LogP contribution in [0.15, 0.2) is 29.2 Å². The van der Waals surface area contributed by atoms with Crippen LogP contribution in [0.5, 0.6) is 0 Å². The average Bonchev–Trinajstić information content (AvgIpc) is 2.77. The van der Waals surface area contributed by atoms with Crippen LogP contribution in [-0.4, -0.2) is 18.3 Å². The van der Waals surface area contributed by atoms with Gasteiger partial charge in [0.2, 0.25) is 0 Å². The first-order valence-electron chi connectivity index (χ1n) is 7.16. The quantitative estimate of drug-likeness (QED) is 0.833. The van der Waals surface area contributed by atoms with Crippen molar-refractivity contribution in [1.29, 1.82) is 0 Å². The SMILES string of the molecule is CCNCC(C)C(C)CC1Cc2ccccc2S1. The van der Waals surface area contributed by atoms with Crippen LogP contribution in [-0.2, 0) is 6.42 Å². The van der Waals surface area contributed by atoms with E-state index in [1.165, 1.54) is 17.7 Å². The number of thioether (sulfide) groups is 1. The van der Waals surface area contributed by atoms with Crippen LogP contribution < -0.4 is 5.32 Å². The third-order valence-corrected chi connectivity index (χ3v) is 5.38.